The molecule has 0 unspecified atom stereocenters. The molecule has 4 nitrogen and oxygen atoms in total. The first-order valence-corrected chi connectivity index (χ1v) is 7.91. The van der Waals surface area contributed by atoms with Crippen LogP contribution >= 0.6 is 0 Å². The molecule has 4 rings (SSSR count). The fourth-order valence-electron chi connectivity index (χ4n) is 2.74. The molecule has 1 aromatic heterocycles. The molecule has 0 saturated heterocycles. The van der Waals surface area contributed by atoms with Crippen LogP contribution in [-0.2, 0) is 6.54 Å². The number of aromatic amines is 1. The Morgan fingerprint density at radius 2 is 1.75 bits per heavy atom. The lowest BCUT2D eigenvalue weighted by Gasteiger charge is -2.07. The Morgan fingerprint density at radius 1 is 0.917 bits per heavy atom. The Kier molecular flexibility index (Phi) is 3.63. The minimum atomic E-state index is 0.745. The Hall–Kier alpha value is -3.27. The normalized spacial score (nSPS) is 10.8. The Morgan fingerprint density at radius 3 is 2.54 bits per heavy atom. The van der Waals surface area contributed by atoms with Crippen LogP contribution in [0.1, 0.15) is 5.56 Å². The summed E-state index contributed by atoms with van der Waals surface area (Å²) in [6.45, 7) is 0.745. The molecule has 0 atom stereocenters. The first-order valence-electron chi connectivity index (χ1n) is 7.91. The Bertz CT molecular complexity index is 937. The predicted octanol–water partition coefficient (Wildman–Crippen LogP) is 4.42. The number of nitrogen functional groups attached to an aromatic ring is 1. The summed E-state index contributed by atoms with van der Waals surface area (Å²) in [5, 5.41) is 3.41. The zero-order chi connectivity index (χ0) is 16.4. The summed E-state index contributed by atoms with van der Waals surface area (Å²) in [6.07, 6.45) is 0. The molecule has 4 aromatic rings. The van der Waals surface area contributed by atoms with Crippen LogP contribution < -0.4 is 11.1 Å². The first-order chi connectivity index (χ1) is 11.8. The third-order valence-corrected chi connectivity index (χ3v) is 4.00. The maximum Gasteiger partial charge on any atom is 0.138 e. The largest absolute Gasteiger partial charge is 0.399 e. The smallest absolute Gasteiger partial charge is 0.138 e. The van der Waals surface area contributed by atoms with Crippen LogP contribution in [-0.4, -0.2) is 9.97 Å². The lowest BCUT2D eigenvalue weighted by atomic mass is 10.1. The number of hydrogen-bond donors (Lipinski definition) is 3. The van der Waals surface area contributed by atoms with Gasteiger partial charge in [0, 0.05) is 23.5 Å². The maximum absolute atomic E-state index is 5.81. The minimum Gasteiger partial charge on any atom is -0.399 e. The number of aromatic nitrogens is 2. The van der Waals surface area contributed by atoms with Crippen molar-refractivity contribution in [2.24, 2.45) is 0 Å². The number of rotatable bonds is 4. The summed E-state index contributed by atoms with van der Waals surface area (Å²) in [5.74, 6) is 0.888. The van der Waals surface area contributed by atoms with E-state index >= 15 is 0 Å². The standard InChI is InChI=1S/C20H18N4/c21-16-5-3-4-14(12-16)13-22-17-10-8-15(9-11-17)20-23-18-6-1-2-7-19(18)24-20/h1-12,22H,13,21H2,(H,23,24). The van der Waals surface area contributed by atoms with Crippen LogP contribution in [0.25, 0.3) is 22.4 Å². The van der Waals surface area contributed by atoms with Crippen molar-refractivity contribution in [2.45, 2.75) is 6.54 Å². The molecule has 0 spiro atoms. The monoisotopic (exact) mass is 314 g/mol. The summed E-state index contributed by atoms with van der Waals surface area (Å²) in [6, 6.07) is 24.2. The highest BCUT2D eigenvalue weighted by Crippen LogP contribution is 2.22. The molecule has 0 amide bonds. The predicted molar refractivity (Wildman–Crippen MR) is 99.7 cm³/mol. The van der Waals surface area contributed by atoms with Gasteiger partial charge in [0.2, 0.25) is 0 Å². The minimum absolute atomic E-state index is 0.745. The van der Waals surface area contributed by atoms with Gasteiger partial charge in [-0.25, -0.2) is 4.98 Å². The second kappa shape index (κ2) is 6.08. The third kappa shape index (κ3) is 2.94. The van der Waals surface area contributed by atoms with Crippen molar-refractivity contribution < 1.29 is 0 Å². The van der Waals surface area contributed by atoms with Crippen LogP contribution in [0, 0.1) is 0 Å². The molecule has 118 valence electrons. The summed E-state index contributed by atoms with van der Waals surface area (Å²) < 4.78 is 0. The fraction of sp³-hybridized carbons (Fsp3) is 0.0500. The molecular weight excluding hydrogens is 296 g/mol. The van der Waals surface area contributed by atoms with E-state index in [0.29, 0.717) is 0 Å². The molecule has 3 aromatic carbocycles. The van der Waals surface area contributed by atoms with Gasteiger partial charge in [-0.2, -0.15) is 0 Å². The Labute approximate surface area is 140 Å². The van der Waals surface area contributed by atoms with E-state index in [-0.39, 0.29) is 0 Å². The van der Waals surface area contributed by atoms with E-state index in [2.05, 4.69) is 45.6 Å². The highest BCUT2D eigenvalue weighted by Gasteiger charge is 2.04. The number of benzene rings is 3. The van der Waals surface area contributed by atoms with E-state index in [1.54, 1.807) is 0 Å². The number of fused-ring (bicyclic) bond motifs is 1. The third-order valence-electron chi connectivity index (χ3n) is 4.00. The maximum atomic E-state index is 5.81. The van der Waals surface area contributed by atoms with Gasteiger partial charge in [-0.05, 0) is 54.1 Å². The number of nitrogens with one attached hydrogen (secondary N) is 2. The number of nitrogens with two attached hydrogens (primary N) is 1. The molecule has 0 aliphatic heterocycles. The molecule has 4 N–H and O–H groups in total. The topological polar surface area (TPSA) is 66.7 Å². The van der Waals surface area contributed by atoms with Crippen molar-refractivity contribution in [1.82, 2.24) is 9.97 Å². The molecule has 0 bridgehead atoms. The SMILES string of the molecule is Nc1cccc(CNc2ccc(-c3nc4ccccc4[nH]3)cc2)c1. The molecule has 0 saturated carbocycles. The average Bonchev–Trinajstić information content (AvgIpc) is 3.05. The zero-order valence-electron chi connectivity index (χ0n) is 13.2. The van der Waals surface area contributed by atoms with Gasteiger partial charge in [-0.1, -0.05) is 24.3 Å². The van der Waals surface area contributed by atoms with Crippen LogP contribution in [0.3, 0.4) is 0 Å². The van der Waals surface area contributed by atoms with Gasteiger partial charge in [0.15, 0.2) is 0 Å². The van der Waals surface area contributed by atoms with E-state index < -0.39 is 0 Å². The van der Waals surface area contributed by atoms with Crippen LogP contribution in [0.4, 0.5) is 11.4 Å². The molecule has 0 fully saturated rings. The van der Waals surface area contributed by atoms with E-state index in [1.807, 2.05) is 42.5 Å². The van der Waals surface area contributed by atoms with Gasteiger partial charge in [0.25, 0.3) is 0 Å². The molecule has 0 aliphatic rings. The van der Waals surface area contributed by atoms with Gasteiger partial charge in [0.1, 0.15) is 5.82 Å². The number of H-pyrrole nitrogens is 1. The highest BCUT2D eigenvalue weighted by atomic mass is 14.9. The van der Waals surface area contributed by atoms with Crippen molar-refractivity contribution in [2.75, 3.05) is 11.1 Å². The van der Waals surface area contributed by atoms with Crippen LogP contribution in [0.2, 0.25) is 0 Å². The van der Waals surface area contributed by atoms with Gasteiger partial charge < -0.3 is 16.0 Å². The van der Waals surface area contributed by atoms with E-state index in [4.69, 9.17) is 5.73 Å². The molecule has 24 heavy (non-hydrogen) atoms. The zero-order valence-corrected chi connectivity index (χ0v) is 13.2. The molecular formula is C20H18N4. The first kappa shape index (κ1) is 14.3. The van der Waals surface area contributed by atoms with E-state index in [9.17, 15) is 0 Å². The second-order valence-corrected chi connectivity index (χ2v) is 5.78. The quantitative estimate of drug-likeness (QED) is 0.488. The fourth-order valence-corrected chi connectivity index (χ4v) is 2.74. The van der Waals surface area contributed by atoms with Crippen molar-refractivity contribution in [3.05, 3.63) is 78.4 Å². The molecule has 0 radical (unpaired) electrons. The number of nitrogens with zero attached hydrogens (tertiary/aromatic N) is 1. The number of hydrogen-bond acceptors (Lipinski definition) is 3. The summed E-state index contributed by atoms with van der Waals surface area (Å²) in [4.78, 5) is 7.98. The summed E-state index contributed by atoms with van der Waals surface area (Å²) in [5.41, 5.74) is 11.9. The molecule has 1 heterocycles. The van der Waals surface area contributed by atoms with Crippen molar-refractivity contribution in [1.29, 1.82) is 0 Å². The second-order valence-electron chi connectivity index (χ2n) is 5.78. The van der Waals surface area contributed by atoms with Crippen molar-refractivity contribution in [3.63, 3.8) is 0 Å². The molecule has 0 aliphatic carbocycles. The van der Waals surface area contributed by atoms with Crippen LogP contribution in [0.5, 0.6) is 0 Å². The van der Waals surface area contributed by atoms with Gasteiger partial charge in [-0.3, -0.25) is 0 Å². The average molecular weight is 314 g/mol. The summed E-state index contributed by atoms with van der Waals surface area (Å²) in [7, 11) is 0. The number of para-hydroxylation sites is 2. The highest BCUT2D eigenvalue weighted by molar-refractivity contribution is 5.79. The van der Waals surface area contributed by atoms with Crippen molar-refractivity contribution >= 4 is 22.4 Å². The molecule has 4 heteroatoms. The van der Waals surface area contributed by atoms with E-state index in [1.165, 1.54) is 0 Å². The van der Waals surface area contributed by atoms with Gasteiger partial charge >= 0.3 is 0 Å². The van der Waals surface area contributed by atoms with Gasteiger partial charge in [-0.15, -0.1) is 0 Å². The van der Waals surface area contributed by atoms with Crippen molar-refractivity contribution in [3.8, 4) is 11.4 Å². The van der Waals surface area contributed by atoms with Gasteiger partial charge in [0.05, 0.1) is 11.0 Å². The Balaban J connectivity index is 1.50. The number of imidazole rings is 1. The lowest BCUT2D eigenvalue weighted by molar-refractivity contribution is 1.15. The lowest BCUT2D eigenvalue weighted by Crippen LogP contribution is -1.99. The number of anilines is 2. The van der Waals surface area contributed by atoms with Crippen LogP contribution in [0.15, 0.2) is 72.8 Å². The van der Waals surface area contributed by atoms with E-state index in [0.717, 1.165) is 45.9 Å². The summed E-state index contributed by atoms with van der Waals surface area (Å²) >= 11 is 0.